The van der Waals surface area contributed by atoms with Gasteiger partial charge in [0, 0.05) is 25.1 Å². The lowest BCUT2D eigenvalue weighted by Crippen LogP contribution is -2.18. The van der Waals surface area contributed by atoms with Gasteiger partial charge >= 0.3 is 0 Å². The molecule has 108 valence electrons. The maximum Gasteiger partial charge on any atom is 0.131 e. The lowest BCUT2D eigenvalue weighted by molar-refractivity contribution is 0.398. The van der Waals surface area contributed by atoms with E-state index in [1.165, 1.54) is 13.2 Å². The molecule has 1 atom stereocenters. The summed E-state index contributed by atoms with van der Waals surface area (Å²) in [6.07, 6.45) is 0.467. The van der Waals surface area contributed by atoms with Crippen LogP contribution in [0.25, 0.3) is 0 Å². The summed E-state index contributed by atoms with van der Waals surface area (Å²) >= 11 is 3.49. The first kappa shape index (κ1) is 15.0. The van der Waals surface area contributed by atoms with Gasteiger partial charge in [0.25, 0.3) is 0 Å². The molecule has 6 heteroatoms. The van der Waals surface area contributed by atoms with Crippen LogP contribution in [0, 0.1) is 12.7 Å². The van der Waals surface area contributed by atoms with Gasteiger partial charge in [-0.15, -0.1) is 0 Å². The number of methoxy groups -OCH3 is 1. The second-order valence-corrected chi connectivity index (χ2v) is 5.43. The van der Waals surface area contributed by atoms with Gasteiger partial charge in [-0.2, -0.15) is 5.10 Å². The van der Waals surface area contributed by atoms with Crippen LogP contribution in [-0.2, 0) is 13.5 Å². The fraction of sp³-hybridized carbons (Fsp3) is 0.357. The third-order valence-electron chi connectivity index (χ3n) is 3.28. The van der Waals surface area contributed by atoms with Gasteiger partial charge < -0.3 is 10.5 Å². The molecule has 2 N–H and O–H groups in total. The van der Waals surface area contributed by atoms with E-state index in [1.807, 2.05) is 14.0 Å². The Bertz CT molecular complexity index is 627. The Balaban J connectivity index is 2.35. The van der Waals surface area contributed by atoms with Crippen LogP contribution >= 0.6 is 15.9 Å². The van der Waals surface area contributed by atoms with Crippen molar-refractivity contribution < 1.29 is 9.13 Å². The van der Waals surface area contributed by atoms with Crippen LogP contribution in [0.3, 0.4) is 0 Å². The van der Waals surface area contributed by atoms with Gasteiger partial charge in [-0.05, 0) is 35.0 Å². The van der Waals surface area contributed by atoms with Crippen molar-refractivity contribution in [2.75, 3.05) is 7.11 Å². The maximum absolute atomic E-state index is 14.0. The predicted octanol–water partition coefficient (Wildman–Crippen LogP) is 2.88. The Morgan fingerprint density at radius 1 is 1.50 bits per heavy atom. The first-order valence-corrected chi connectivity index (χ1v) is 7.01. The highest BCUT2D eigenvalue weighted by atomic mass is 79.9. The minimum Gasteiger partial charge on any atom is -0.496 e. The number of rotatable bonds is 4. The quantitative estimate of drug-likeness (QED) is 0.930. The Labute approximate surface area is 125 Å². The number of halogens is 2. The molecule has 1 heterocycles. The molecule has 0 saturated carbocycles. The predicted molar refractivity (Wildman–Crippen MR) is 79.2 cm³/mol. The molecule has 0 amide bonds. The van der Waals surface area contributed by atoms with Gasteiger partial charge in [0.05, 0.1) is 23.0 Å². The SMILES string of the molecule is COc1cccc(F)c1C(N)Cc1c(Br)c(C)nn1C. The van der Waals surface area contributed by atoms with E-state index >= 15 is 0 Å². The van der Waals surface area contributed by atoms with Gasteiger partial charge in [0.15, 0.2) is 0 Å². The van der Waals surface area contributed by atoms with Crippen molar-refractivity contribution in [3.63, 3.8) is 0 Å². The van der Waals surface area contributed by atoms with E-state index in [-0.39, 0.29) is 5.82 Å². The Morgan fingerprint density at radius 2 is 2.20 bits per heavy atom. The molecule has 0 aliphatic carbocycles. The van der Waals surface area contributed by atoms with Crippen molar-refractivity contribution in [2.24, 2.45) is 12.8 Å². The van der Waals surface area contributed by atoms with Crippen LogP contribution in [0.2, 0.25) is 0 Å². The molecule has 0 aliphatic rings. The fourth-order valence-corrected chi connectivity index (χ4v) is 2.77. The molecule has 0 spiro atoms. The normalized spacial score (nSPS) is 12.5. The van der Waals surface area contributed by atoms with Crippen molar-refractivity contribution in [2.45, 2.75) is 19.4 Å². The number of hydrogen-bond acceptors (Lipinski definition) is 3. The first-order valence-electron chi connectivity index (χ1n) is 6.21. The second kappa shape index (κ2) is 5.93. The van der Waals surface area contributed by atoms with E-state index in [1.54, 1.807) is 16.8 Å². The molecule has 1 unspecified atom stereocenters. The summed E-state index contributed by atoms with van der Waals surface area (Å²) in [6.45, 7) is 1.91. The minimum atomic E-state index is -0.503. The maximum atomic E-state index is 14.0. The van der Waals surface area contributed by atoms with E-state index in [0.29, 0.717) is 17.7 Å². The Morgan fingerprint density at radius 3 is 2.75 bits per heavy atom. The zero-order valence-corrected chi connectivity index (χ0v) is 13.2. The van der Waals surface area contributed by atoms with Crippen molar-refractivity contribution in [3.05, 3.63) is 45.4 Å². The monoisotopic (exact) mass is 341 g/mol. The molecule has 0 bridgehead atoms. The van der Waals surface area contributed by atoms with Gasteiger partial charge in [-0.1, -0.05) is 6.07 Å². The molecule has 1 aromatic heterocycles. The lowest BCUT2D eigenvalue weighted by Gasteiger charge is -2.17. The number of nitrogens with zero attached hydrogens (tertiary/aromatic N) is 2. The third-order valence-corrected chi connectivity index (χ3v) is 4.31. The van der Waals surface area contributed by atoms with Crippen LogP contribution in [0.15, 0.2) is 22.7 Å². The molecular formula is C14H17BrFN3O. The molecule has 2 rings (SSSR count). The molecule has 0 fully saturated rings. The van der Waals surface area contributed by atoms with Crippen LogP contribution in [-0.4, -0.2) is 16.9 Å². The largest absolute Gasteiger partial charge is 0.496 e. The second-order valence-electron chi connectivity index (χ2n) is 4.64. The highest BCUT2D eigenvalue weighted by Gasteiger charge is 2.21. The van der Waals surface area contributed by atoms with Crippen molar-refractivity contribution in [3.8, 4) is 5.75 Å². The summed E-state index contributed by atoms with van der Waals surface area (Å²) < 4.78 is 21.9. The average molecular weight is 342 g/mol. The smallest absolute Gasteiger partial charge is 0.131 e. The van der Waals surface area contributed by atoms with Crippen LogP contribution < -0.4 is 10.5 Å². The molecule has 4 nitrogen and oxygen atoms in total. The van der Waals surface area contributed by atoms with E-state index < -0.39 is 6.04 Å². The highest BCUT2D eigenvalue weighted by molar-refractivity contribution is 9.10. The molecule has 0 aliphatic heterocycles. The zero-order chi connectivity index (χ0) is 14.9. The Kier molecular flexibility index (Phi) is 4.45. The van der Waals surface area contributed by atoms with Crippen LogP contribution in [0.1, 0.15) is 23.0 Å². The number of benzene rings is 1. The number of nitrogens with two attached hydrogens (primary N) is 1. The van der Waals surface area contributed by atoms with Crippen molar-refractivity contribution >= 4 is 15.9 Å². The topological polar surface area (TPSA) is 53.1 Å². The average Bonchev–Trinajstić information content (AvgIpc) is 2.64. The Hall–Kier alpha value is -1.40. The molecule has 1 aromatic carbocycles. The van der Waals surface area contributed by atoms with Gasteiger partial charge in [0.2, 0.25) is 0 Å². The third kappa shape index (κ3) is 2.71. The summed E-state index contributed by atoms with van der Waals surface area (Å²) in [5.41, 5.74) is 8.37. The number of hydrogen-bond donors (Lipinski definition) is 1. The summed E-state index contributed by atoms with van der Waals surface area (Å²) in [7, 11) is 3.35. The van der Waals surface area contributed by atoms with Crippen molar-refractivity contribution in [1.82, 2.24) is 9.78 Å². The summed E-state index contributed by atoms with van der Waals surface area (Å²) in [5, 5.41) is 4.31. The molecule has 20 heavy (non-hydrogen) atoms. The number of ether oxygens (including phenoxy) is 1. The fourth-order valence-electron chi connectivity index (χ4n) is 2.27. The molecule has 2 aromatic rings. The number of aryl methyl sites for hydroxylation is 2. The molecular weight excluding hydrogens is 325 g/mol. The summed E-state index contributed by atoms with van der Waals surface area (Å²) in [6, 6.07) is 4.20. The van der Waals surface area contributed by atoms with Gasteiger partial charge in [-0.25, -0.2) is 4.39 Å². The number of aromatic nitrogens is 2. The minimum absolute atomic E-state index is 0.355. The van der Waals surface area contributed by atoms with Crippen LogP contribution in [0.4, 0.5) is 4.39 Å². The van der Waals surface area contributed by atoms with E-state index in [0.717, 1.165) is 15.9 Å². The van der Waals surface area contributed by atoms with E-state index in [9.17, 15) is 4.39 Å². The van der Waals surface area contributed by atoms with Crippen LogP contribution in [0.5, 0.6) is 5.75 Å². The summed E-state index contributed by atoms with van der Waals surface area (Å²) in [5.74, 6) is 0.111. The standard InChI is InChI=1S/C14H17BrFN3O/c1-8-14(15)11(19(2)18-8)7-10(17)13-9(16)5-4-6-12(13)20-3/h4-6,10H,7,17H2,1-3H3. The molecule has 0 radical (unpaired) electrons. The highest BCUT2D eigenvalue weighted by Crippen LogP contribution is 2.31. The van der Waals surface area contributed by atoms with Gasteiger partial charge in [-0.3, -0.25) is 4.68 Å². The lowest BCUT2D eigenvalue weighted by atomic mass is 10.0. The van der Waals surface area contributed by atoms with E-state index in [2.05, 4.69) is 21.0 Å². The first-order chi connectivity index (χ1) is 9.45. The summed E-state index contributed by atoms with van der Waals surface area (Å²) in [4.78, 5) is 0. The van der Waals surface area contributed by atoms with Crippen molar-refractivity contribution in [1.29, 1.82) is 0 Å². The molecule has 0 saturated heterocycles. The van der Waals surface area contributed by atoms with Gasteiger partial charge in [0.1, 0.15) is 11.6 Å². The van der Waals surface area contributed by atoms with E-state index in [4.69, 9.17) is 10.5 Å². The zero-order valence-electron chi connectivity index (χ0n) is 11.7.